The minimum atomic E-state index is 0.0127. The fourth-order valence-corrected chi connectivity index (χ4v) is 1.64. The molecule has 0 amide bonds. The van der Waals surface area contributed by atoms with E-state index in [0.29, 0.717) is 31.1 Å². The summed E-state index contributed by atoms with van der Waals surface area (Å²) < 4.78 is 5.20. The predicted octanol–water partition coefficient (Wildman–Crippen LogP) is 0.119. The van der Waals surface area contributed by atoms with Crippen molar-refractivity contribution >= 4 is 11.7 Å². The first-order valence-corrected chi connectivity index (χ1v) is 5.77. The Bertz CT molecular complexity index is 409. The molecule has 1 aromatic heterocycles. The molecule has 0 saturated heterocycles. The Morgan fingerprint density at radius 1 is 1.56 bits per heavy atom. The number of anilines is 1. The molecule has 1 heterocycles. The van der Waals surface area contributed by atoms with Gasteiger partial charge >= 0.3 is 0 Å². The Balaban J connectivity index is 2.76. The zero-order valence-electron chi connectivity index (χ0n) is 10.8. The van der Waals surface area contributed by atoms with Crippen molar-refractivity contribution in [3.63, 3.8) is 0 Å². The monoisotopic (exact) mass is 252 g/mol. The third-order valence-corrected chi connectivity index (χ3v) is 2.58. The molecule has 4 N–H and O–H groups in total. The Kier molecular flexibility index (Phi) is 5.54. The van der Waals surface area contributed by atoms with Crippen molar-refractivity contribution < 1.29 is 9.84 Å². The maximum absolute atomic E-state index is 8.61. The van der Waals surface area contributed by atoms with E-state index in [2.05, 4.69) is 4.98 Å². The number of nitrogen functional groups attached to an aromatic ring is 1. The third-order valence-electron chi connectivity index (χ3n) is 2.58. The van der Waals surface area contributed by atoms with Gasteiger partial charge in [-0.15, -0.1) is 0 Å². The summed E-state index contributed by atoms with van der Waals surface area (Å²) >= 11 is 0. The molecule has 1 rings (SSSR count). The number of hydrogen-bond donors (Lipinski definition) is 3. The van der Waals surface area contributed by atoms with E-state index in [4.69, 9.17) is 21.0 Å². The number of hydrogen-bond acceptors (Lipinski definition) is 5. The summed E-state index contributed by atoms with van der Waals surface area (Å²) in [5.41, 5.74) is 7.16. The number of nitrogens with one attached hydrogen (secondary N) is 1. The highest BCUT2D eigenvalue weighted by atomic mass is 16.5. The Morgan fingerprint density at radius 3 is 2.89 bits per heavy atom. The van der Waals surface area contributed by atoms with Crippen LogP contribution in [-0.4, -0.2) is 49.3 Å². The number of nitrogens with two attached hydrogens (primary N) is 1. The lowest BCUT2D eigenvalue weighted by molar-refractivity contribution is 0.0970. The minimum absolute atomic E-state index is 0.0127. The van der Waals surface area contributed by atoms with Crippen molar-refractivity contribution in [2.45, 2.75) is 6.92 Å². The van der Waals surface area contributed by atoms with E-state index < -0.39 is 0 Å². The lowest BCUT2D eigenvalue weighted by Gasteiger charge is -2.21. The van der Waals surface area contributed by atoms with Crippen molar-refractivity contribution in [3.8, 4) is 0 Å². The molecule has 0 aliphatic heterocycles. The van der Waals surface area contributed by atoms with E-state index in [1.165, 1.54) is 0 Å². The molecule has 0 saturated carbocycles. The van der Waals surface area contributed by atoms with Crippen LogP contribution in [0.3, 0.4) is 0 Å². The van der Waals surface area contributed by atoms with Gasteiger partial charge in [0, 0.05) is 19.8 Å². The maximum Gasteiger partial charge on any atom is 0.139 e. The zero-order chi connectivity index (χ0) is 13.5. The molecule has 0 aliphatic rings. The molecule has 6 heteroatoms. The van der Waals surface area contributed by atoms with Gasteiger partial charge in [0.2, 0.25) is 0 Å². The first-order chi connectivity index (χ1) is 8.57. The van der Waals surface area contributed by atoms with Crippen LogP contribution < -0.4 is 10.6 Å². The molecule has 0 unspecified atom stereocenters. The zero-order valence-corrected chi connectivity index (χ0v) is 10.8. The van der Waals surface area contributed by atoms with Crippen molar-refractivity contribution in [3.05, 3.63) is 23.4 Å². The fraction of sp³-hybridized carbons (Fsp3) is 0.500. The number of pyridine rings is 1. The summed E-state index contributed by atoms with van der Waals surface area (Å²) in [6.45, 7) is 3.36. The SMILES string of the molecule is Cc1ccnc(N(C)CCOCCO)c1C(=N)N. The van der Waals surface area contributed by atoms with Gasteiger partial charge in [-0.05, 0) is 18.6 Å². The third kappa shape index (κ3) is 3.68. The highest BCUT2D eigenvalue weighted by Gasteiger charge is 2.13. The summed E-state index contributed by atoms with van der Waals surface area (Å²) in [5, 5.41) is 16.2. The number of ether oxygens (including phenoxy) is 1. The number of nitrogens with zero attached hydrogens (tertiary/aromatic N) is 2. The number of likely N-dealkylation sites (N-methyl/N-ethyl adjacent to an activating group) is 1. The first-order valence-electron chi connectivity index (χ1n) is 5.77. The van der Waals surface area contributed by atoms with Gasteiger partial charge in [0.25, 0.3) is 0 Å². The van der Waals surface area contributed by atoms with Crippen LogP contribution in [0.2, 0.25) is 0 Å². The molecule has 0 fully saturated rings. The van der Waals surface area contributed by atoms with Gasteiger partial charge in [0.05, 0.1) is 25.4 Å². The quantitative estimate of drug-likeness (QED) is 0.364. The summed E-state index contributed by atoms with van der Waals surface area (Å²) in [4.78, 5) is 6.15. The molecule has 0 aliphatic carbocycles. The van der Waals surface area contributed by atoms with Gasteiger partial charge < -0.3 is 20.5 Å². The number of aryl methyl sites for hydroxylation is 1. The standard InChI is InChI=1S/C12H20N4O2/c1-9-3-4-15-12(10(9)11(13)14)16(2)5-7-18-8-6-17/h3-4,17H,5-8H2,1-2H3,(H3,13,14). The smallest absolute Gasteiger partial charge is 0.139 e. The number of rotatable bonds is 7. The summed E-state index contributed by atoms with van der Waals surface area (Å²) in [7, 11) is 1.87. The van der Waals surface area contributed by atoms with Crippen LogP contribution in [-0.2, 0) is 4.74 Å². The van der Waals surface area contributed by atoms with Crippen LogP contribution in [0.5, 0.6) is 0 Å². The second-order valence-corrected chi connectivity index (χ2v) is 4.00. The molecule has 0 spiro atoms. The largest absolute Gasteiger partial charge is 0.394 e. The average Bonchev–Trinajstić information content (AvgIpc) is 2.33. The van der Waals surface area contributed by atoms with Gasteiger partial charge in [-0.2, -0.15) is 0 Å². The van der Waals surface area contributed by atoms with E-state index in [-0.39, 0.29) is 12.4 Å². The molecule has 1 aromatic rings. The summed E-state index contributed by atoms with van der Waals surface area (Å²) in [6.07, 6.45) is 1.70. The fourth-order valence-electron chi connectivity index (χ4n) is 1.64. The topological polar surface area (TPSA) is 95.5 Å². The molecule has 100 valence electrons. The normalized spacial score (nSPS) is 10.4. The van der Waals surface area contributed by atoms with E-state index in [9.17, 15) is 0 Å². The van der Waals surface area contributed by atoms with Crippen molar-refractivity contribution in [1.29, 1.82) is 5.41 Å². The van der Waals surface area contributed by atoms with Crippen LogP contribution in [0.4, 0.5) is 5.82 Å². The lowest BCUT2D eigenvalue weighted by atomic mass is 10.1. The first kappa shape index (κ1) is 14.4. The summed E-state index contributed by atoms with van der Waals surface area (Å²) in [5.74, 6) is 0.689. The molecule has 6 nitrogen and oxygen atoms in total. The number of aromatic nitrogens is 1. The molecule has 0 radical (unpaired) electrons. The Morgan fingerprint density at radius 2 is 2.28 bits per heavy atom. The van der Waals surface area contributed by atoms with Gasteiger partial charge in [0.15, 0.2) is 0 Å². The van der Waals surface area contributed by atoms with Crippen LogP contribution in [0, 0.1) is 12.3 Å². The van der Waals surface area contributed by atoms with Crippen molar-refractivity contribution in [2.75, 3.05) is 38.3 Å². The predicted molar refractivity (Wildman–Crippen MR) is 71.2 cm³/mol. The molecule has 0 bridgehead atoms. The van der Waals surface area contributed by atoms with E-state index in [0.717, 1.165) is 5.56 Å². The highest BCUT2D eigenvalue weighted by molar-refractivity contribution is 6.00. The second-order valence-electron chi connectivity index (χ2n) is 4.00. The van der Waals surface area contributed by atoms with Crippen molar-refractivity contribution in [1.82, 2.24) is 4.98 Å². The van der Waals surface area contributed by atoms with Gasteiger partial charge in [-0.3, -0.25) is 5.41 Å². The van der Waals surface area contributed by atoms with E-state index in [1.54, 1.807) is 6.20 Å². The number of aliphatic hydroxyl groups excluding tert-OH is 1. The molecule has 18 heavy (non-hydrogen) atoms. The van der Waals surface area contributed by atoms with E-state index in [1.807, 2.05) is 24.9 Å². The molecular formula is C12H20N4O2. The van der Waals surface area contributed by atoms with E-state index >= 15 is 0 Å². The number of amidine groups is 1. The van der Waals surface area contributed by atoms with Crippen molar-refractivity contribution in [2.24, 2.45) is 5.73 Å². The average molecular weight is 252 g/mol. The molecule has 0 aromatic carbocycles. The Hall–Kier alpha value is -1.66. The van der Waals surface area contributed by atoms with Gasteiger partial charge in [-0.25, -0.2) is 4.98 Å². The Labute approximate surface area is 107 Å². The van der Waals surface area contributed by atoms with Crippen LogP contribution in [0.25, 0.3) is 0 Å². The van der Waals surface area contributed by atoms with Gasteiger partial charge in [-0.1, -0.05) is 0 Å². The highest BCUT2D eigenvalue weighted by Crippen LogP contribution is 2.18. The van der Waals surface area contributed by atoms with Crippen LogP contribution in [0.15, 0.2) is 12.3 Å². The summed E-state index contributed by atoms with van der Waals surface area (Å²) in [6, 6.07) is 1.83. The molecular weight excluding hydrogens is 232 g/mol. The maximum atomic E-state index is 8.61. The second kappa shape index (κ2) is 6.93. The number of aliphatic hydroxyl groups is 1. The minimum Gasteiger partial charge on any atom is -0.394 e. The van der Waals surface area contributed by atoms with Crippen LogP contribution >= 0.6 is 0 Å². The van der Waals surface area contributed by atoms with Gasteiger partial charge in [0.1, 0.15) is 11.7 Å². The molecule has 0 atom stereocenters. The van der Waals surface area contributed by atoms with Crippen LogP contribution in [0.1, 0.15) is 11.1 Å². The lowest BCUT2D eigenvalue weighted by Crippen LogP contribution is -2.28.